The van der Waals surface area contributed by atoms with E-state index in [9.17, 15) is 0 Å². The van der Waals surface area contributed by atoms with Crippen molar-refractivity contribution in [1.82, 2.24) is 0 Å². The van der Waals surface area contributed by atoms with Gasteiger partial charge in [0.2, 0.25) is 0 Å². The molecule has 0 amide bonds. The van der Waals surface area contributed by atoms with E-state index in [1.807, 2.05) is 0 Å². The first-order chi connectivity index (χ1) is 15.8. The molecular formula is C31H23I. The molecule has 0 N–H and O–H groups in total. The summed E-state index contributed by atoms with van der Waals surface area (Å²) in [5, 5.41) is 10.7. The topological polar surface area (TPSA) is 0 Å². The van der Waals surface area contributed by atoms with Gasteiger partial charge in [0.25, 0.3) is 0 Å². The van der Waals surface area contributed by atoms with Crippen LogP contribution >= 0.6 is 22.6 Å². The number of benzene rings is 6. The number of hydrogen-bond acceptors (Lipinski definition) is 0. The fraction of sp³-hybridized carbons (Fsp3) is 0.0968. The molecule has 6 aromatic carbocycles. The third kappa shape index (κ3) is 3.02. The van der Waals surface area contributed by atoms with Gasteiger partial charge in [-0.15, -0.1) is 0 Å². The van der Waals surface area contributed by atoms with Gasteiger partial charge in [0.05, 0.1) is 0 Å². The van der Waals surface area contributed by atoms with Crippen molar-refractivity contribution in [3.05, 3.63) is 108 Å². The smallest absolute Gasteiger partial charge is 0.0253 e. The van der Waals surface area contributed by atoms with Crippen LogP contribution in [0.25, 0.3) is 54.2 Å². The van der Waals surface area contributed by atoms with E-state index in [4.69, 9.17) is 0 Å². The van der Waals surface area contributed by atoms with E-state index in [2.05, 4.69) is 127 Å². The molecule has 0 nitrogen and oxygen atoms in total. The first kappa shape index (κ1) is 19.8. The Balaban J connectivity index is 1.77. The number of hydrogen-bond donors (Lipinski definition) is 0. The monoisotopic (exact) mass is 522 g/mol. The number of halogens is 1. The van der Waals surface area contributed by atoms with Gasteiger partial charge < -0.3 is 0 Å². The van der Waals surface area contributed by atoms with E-state index in [0.717, 1.165) is 10.8 Å². The van der Waals surface area contributed by atoms with Crippen LogP contribution in [0.2, 0.25) is 0 Å². The summed E-state index contributed by atoms with van der Waals surface area (Å²) >= 11 is 2.49. The van der Waals surface area contributed by atoms with Crippen LogP contribution < -0.4 is 0 Å². The number of alkyl halides is 1. The van der Waals surface area contributed by atoms with Gasteiger partial charge in [-0.05, 0) is 77.8 Å². The fourth-order valence-corrected chi connectivity index (χ4v) is 5.79. The van der Waals surface area contributed by atoms with Gasteiger partial charge in [0.15, 0.2) is 0 Å². The standard InChI is InChI=1S/C31H23I/c1-2-20-11-14-24-23(17-20)18-30(27-10-6-5-9-26(24)27)28-15-13-22(19-32)31-25-8-4-3-7-21(25)12-16-29(28)31/h3-18H,2,19H2,1H3. The van der Waals surface area contributed by atoms with Gasteiger partial charge in [-0.1, -0.05) is 121 Å². The van der Waals surface area contributed by atoms with Crippen LogP contribution in [0.3, 0.4) is 0 Å². The molecule has 6 aromatic rings. The molecule has 0 spiro atoms. The molecule has 0 radical (unpaired) electrons. The highest BCUT2D eigenvalue weighted by Gasteiger charge is 2.14. The Morgan fingerprint density at radius 2 is 1.31 bits per heavy atom. The molecule has 32 heavy (non-hydrogen) atoms. The summed E-state index contributed by atoms with van der Waals surface area (Å²) in [5.41, 5.74) is 5.43. The highest BCUT2D eigenvalue weighted by molar-refractivity contribution is 14.1. The average Bonchev–Trinajstić information content (AvgIpc) is 2.87. The Bertz CT molecular complexity index is 1640. The lowest BCUT2D eigenvalue weighted by Gasteiger charge is -2.16. The zero-order valence-corrected chi connectivity index (χ0v) is 20.2. The second kappa shape index (κ2) is 7.90. The maximum atomic E-state index is 2.49. The molecule has 0 aliphatic heterocycles. The van der Waals surface area contributed by atoms with Crippen molar-refractivity contribution in [1.29, 1.82) is 0 Å². The molecule has 0 aliphatic rings. The molecule has 0 atom stereocenters. The van der Waals surface area contributed by atoms with Crippen LogP contribution in [0.4, 0.5) is 0 Å². The Labute approximate surface area is 202 Å². The van der Waals surface area contributed by atoms with Crippen molar-refractivity contribution in [3.8, 4) is 11.1 Å². The molecule has 154 valence electrons. The summed E-state index contributed by atoms with van der Waals surface area (Å²) in [6.07, 6.45) is 1.05. The predicted molar refractivity (Wildman–Crippen MR) is 149 cm³/mol. The summed E-state index contributed by atoms with van der Waals surface area (Å²) in [6.45, 7) is 2.23. The van der Waals surface area contributed by atoms with E-state index in [-0.39, 0.29) is 0 Å². The Hall–Kier alpha value is -2.91. The van der Waals surface area contributed by atoms with Crippen molar-refractivity contribution >= 4 is 65.7 Å². The normalized spacial score (nSPS) is 11.7. The highest BCUT2D eigenvalue weighted by atomic mass is 127. The van der Waals surface area contributed by atoms with Crippen molar-refractivity contribution in [2.45, 2.75) is 17.8 Å². The first-order valence-corrected chi connectivity index (χ1v) is 12.7. The minimum absolute atomic E-state index is 1.00. The first-order valence-electron chi connectivity index (χ1n) is 11.2. The molecule has 0 saturated heterocycles. The van der Waals surface area contributed by atoms with Crippen molar-refractivity contribution in [2.75, 3.05) is 0 Å². The highest BCUT2D eigenvalue weighted by Crippen LogP contribution is 2.41. The van der Waals surface area contributed by atoms with Gasteiger partial charge in [0.1, 0.15) is 0 Å². The second-order valence-corrected chi connectivity index (χ2v) is 9.26. The van der Waals surface area contributed by atoms with E-state index < -0.39 is 0 Å². The molecule has 0 fully saturated rings. The molecule has 0 saturated carbocycles. The summed E-state index contributed by atoms with van der Waals surface area (Å²) in [6, 6.07) is 36.2. The zero-order chi connectivity index (χ0) is 21.7. The zero-order valence-electron chi connectivity index (χ0n) is 18.0. The third-order valence-electron chi connectivity index (χ3n) is 6.76. The Kier molecular flexibility index (Phi) is 4.87. The number of aryl methyl sites for hydroxylation is 1. The third-order valence-corrected chi connectivity index (χ3v) is 7.58. The molecule has 1 heteroatoms. The van der Waals surface area contributed by atoms with E-state index in [1.165, 1.54) is 65.3 Å². The number of fused-ring (bicyclic) bond motifs is 6. The Morgan fingerprint density at radius 1 is 0.562 bits per heavy atom. The maximum absolute atomic E-state index is 2.49. The minimum Gasteiger partial charge on any atom is -0.0812 e. The lowest BCUT2D eigenvalue weighted by atomic mass is 9.88. The second-order valence-electron chi connectivity index (χ2n) is 8.49. The van der Waals surface area contributed by atoms with Crippen molar-refractivity contribution in [3.63, 3.8) is 0 Å². The van der Waals surface area contributed by atoms with Crippen LogP contribution in [-0.2, 0) is 10.8 Å². The van der Waals surface area contributed by atoms with Gasteiger partial charge in [-0.2, -0.15) is 0 Å². The van der Waals surface area contributed by atoms with E-state index >= 15 is 0 Å². The van der Waals surface area contributed by atoms with E-state index in [0.29, 0.717) is 0 Å². The molecule has 0 aromatic heterocycles. The van der Waals surface area contributed by atoms with Crippen LogP contribution in [0.15, 0.2) is 97.1 Å². The number of rotatable bonds is 3. The van der Waals surface area contributed by atoms with Crippen LogP contribution in [0.1, 0.15) is 18.1 Å². The largest absolute Gasteiger partial charge is 0.0812 e. The Morgan fingerprint density at radius 3 is 2.12 bits per heavy atom. The van der Waals surface area contributed by atoms with Gasteiger partial charge in [-0.3, -0.25) is 0 Å². The molecule has 0 heterocycles. The summed E-state index contributed by atoms with van der Waals surface area (Å²) in [4.78, 5) is 0. The maximum Gasteiger partial charge on any atom is 0.0253 e. The molecule has 0 unspecified atom stereocenters. The van der Waals surface area contributed by atoms with E-state index in [1.54, 1.807) is 0 Å². The lowest BCUT2D eigenvalue weighted by Crippen LogP contribution is -1.91. The summed E-state index contributed by atoms with van der Waals surface area (Å²) < 4.78 is 1.00. The molecule has 0 bridgehead atoms. The summed E-state index contributed by atoms with van der Waals surface area (Å²) in [7, 11) is 0. The lowest BCUT2D eigenvalue weighted by molar-refractivity contribution is 1.15. The van der Waals surface area contributed by atoms with Crippen molar-refractivity contribution < 1.29 is 0 Å². The van der Waals surface area contributed by atoms with Crippen LogP contribution in [0.5, 0.6) is 0 Å². The molecule has 6 rings (SSSR count). The average molecular weight is 522 g/mol. The fourth-order valence-electron chi connectivity index (χ4n) is 5.15. The van der Waals surface area contributed by atoms with Crippen LogP contribution in [0, 0.1) is 0 Å². The van der Waals surface area contributed by atoms with Gasteiger partial charge in [-0.25, -0.2) is 0 Å². The van der Waals surface area contributed by atoms with Crippen LogP contribution in [-0.4, -0.2) is 0 Å². The quantitative estimate of drug-likeness (QED) is 0.123. The summed E-state index contributed by atoms with van der Waals surface area (Å²) in [5.74, 6) is 0. The predicted octanol–water partition coefficient (Wildman–Crippen LogP) is 9.46. The molecule has 0 aliphatic carbocycles. The molecular weight excluding hydrogens is 499 g/mol. The van der Waals surface area contributed by atoms with Gasteiger partial charge >= 0.3 is 0 Å². The van der Waals surface area contributed by atoms with Gasteiger partial charge in [0, 0.05) is 4.43 Å². The SMILES string of the molecule is CCc1ccc2c(c1)cc(-c1ccc(CI)c3c1ccc1ccccc13)c1ccccc12. The minimum atomic E-state index is 1.00. The van der Waals surface area contributed by atoms with Crippen molar-refractivity contribution in [2.24, 2.45) is 0 Å².